The Kier molecular flexibility index (Phi) is 9.83. The highest BCUT2D eigenvalue weighted by Crippen LogP contribution is 2.60. The fourth-order valence-corrected chi connectivity index (χ4v) is 5.97. The average molecular weight is 509 g/mol. The van der Waals surface area contributed by atoms with Gasteiger partial charge in [0.2, 0.25) is 5.30 Å². The number of pyridine rings is 1. The van der Waals surface area contributed by atoms with Crippen molar-refractivity contribution in [3.8, 4) is 11.1 Å². The number of likely N-dealkylation sites (N-methyl/N-ethyl adjacent to an activating group) is 1. The fourth-order valence-electron chi connectivity index (χ4n) is 3.59. The summed E-state index contributed by atoms with van der Waals surface area (Å²) in [6.07, 6.45) is -0.831. The Morgan fingerprint density at radius 3 is 2.26 bits per heavy atom. The normalized spacial score (nSPS) is 12.0. The van der Waals surface area contributed by atoms with Gasteiger partial charge in [-0.15, -0.1) is 0 Å². The molecule has 11 heteroatoms. The summed E-state index contributed by atoms with van der Waals surface area (Å²) >= 11 is 0. The molecule has 0 radical (unpaired) electrons. The number of nitro groups is 1. The molecule has 192 valence electrons. The van der Waals surface area contributed by atoms with Gasteiger partial charge in [-0.2, -0.15) is 13.9 Å². The molecule has 0 amide bonds. The van der Waals surface area contributed by atoms with Crippen LogP contribution in [0.3, 0.4) is 0 Å². The number of nitro benzene ring substituents is 1. The molecular weight excluding hydrogens is 473 g/mol. The number of non-ortho nitro benzene ring substituents is 1. The Balaban J connectivity index is 2.90. The van der Waals surface area contributed by atoms with Gasteiger partial charge >= 0.3 is 13.9 Å². The predicted octanol–water partition coefficient (Wildman–Crippen LogP) is 4.22. The summed E-state index contributed by atoms with van der Waals surface area (Å²) in [6.45, 7) is 11.0. The number of esters is 1. The Bertz CT molecular complexity index is 1060. The lowest BCUT2D eigenvalue weighted by Gasteiger charge is -2.25. The first-order chi connectivity index (χ1) is 16.3. The van der Waals surface area contributed by atoms with Gasteiger partial charge in [-0.05, 0) is 61.2 Å². The Morgan fingerprint density at radius 2 is 1.74 bits per heavy atom. The van der Waals surface area contributed by atoms with Gasteiger partial charge in [-0.25, -0.2) is 4.79 Å². The first-order valence-electron chi connectivity index (χ1n) is 11.3. The van der Waals surface area contributed by atoms with Crippen LogP contribution in [0, 0.1) is 24.0 Å². The van der Waals surface area contributed by atoms with Crippen LogP contribution in [0.25, 0.3) is 11.1 Å². The molecule has 0 aliphatic carbocycles. The molecule has 1 aromatic heterocycles. The van der Waals surface area contributed by atoms with E-state index in [9.17, 15) is 19.8 Å². The lowest BCUT2D eigenvalue weighted by atomic mass is 9.97. The smallest absolute Gasteiger partial charge is 0.449 e. The van der Waals surface area contributed by atoms with Crippen LogP contribution in [0.5, 0.6) is 0 Å². The molecule has 0 saturated heterocycles. The van der Waals surface area contributed by atoms with Crippen molar-refractivity contribution in [2.75, 3.05) is 27.2 Å². The third kappa shape index (κ3) is 7.25. The minimum atomic E-state index is -3.79. The third-order valence-corrected chi connectivity index (χ3v) is 7.37. The molecule has 1 N–H and O–H groups in total. The van der Waals surface area contributed by atoms with Crippen LogP contribution in [-0.2, 0) is 13.8 Å². The number of hydrogen-bond acceptors (Lipinski definition) is 9. The highest BCUT2D eigenvalue weighted by molar-refractivity contribution is 7.69. The highest BCUT2D eigenvalue weighted by atomic mass is 31.2. The number of benzene rings is 1. The molecule has 10 nitrogen and oxygen atoms in total. The van der Waals surface area contributed by atoms with E-state index >= 15 is 0 Å². The zero-order valence-electron chi connectivity index (χ0n) is 21.6. The quantitative estimate of drug-likeness (QED) is 0.206. The fraction of sp³-hybridized carbons (Fsp3) is 0.500. The van der Waals surface area contributed by atoms with Crippen molar-refractivity contribution >= 4 is 24.9 Å². The van der Waals surface area contributed by atoms with Gasteiger partial charge in [0.05, 0.1) is 27.4 Å². The van der Waals surface area contributed by atoms with E-state index in [1.54, 1.807) is 47.6 Å². The first-order valence-corrected chi connectivity index (χ1v) is 12.9. The van der Waals surface area contributed by atoms with Crippen molar-refractivity contribution in [3.63, 3.8) is 0 Å². The third-order valence-electron chi connectivity index (χ3n) is 4.84. The summed E-state index contributed by atoms with van der Waals surface area (Å²) < 4.78 is 17.4. The zero-order chi connectivity index (χ0) is 26.5. The van der Waals surface area contributed by atoms with Gasteiger partial charge in [0.25, 0.3) is 5.69 Å². The second kappa shape index (κ2) is 12.0. The van der Waals surface area contributed by atoms with Crippen molar-refractivity contribution in [3.05, 3.63) is 51.3 Å². The van der Waals surface area contributed by atoms with Crippen LogP contribution in [0.4, 0.5) is 5.69 Å². The molecule has 0 unspecified atom stereocenters. The zero-order valence-corrected chi connectivity index (χ0v) is 22.5. The number of aromatic nitrogens is 1. The predicted molar refractivity (Wildman–Crippen MR) is 136 cm³/mol. The molecule has 0 saturated carbocycles. The number of ether oxygens (including phenoxy) is 1. The van der Waals surface area contributed by atoms with Crippen molar-refractivity contribution < 1.29 is 28.4 Å². The molecular formula is C24H35N3O7P+. The minimum absolute atomic E-state index is 0.1000. The van der Waals surface area contributed by atoms with E-state index in [1.807, 2.05) is 19.0 Å². The molecule has 35 heavy (non-hydrogen) atoms. The van der Waals surface area contributed by atoms with Gasteiger partial charge in [0.15, 0.2) is 0 Å². The average Bonchev–Trinajstić information content (AvgIpc) is 2.71. The summed E-state index contributed by atoms with van der Waals surface area (Å²) in [5.74, 6) is -0.653. The van der Waals surface area contributed by atoms with E-state index in [1.165, 1.54) is 18.2 Å². The monoisotopic (exact) mass is 508 g/mol. The van der Waals surface area contributed by atoms with Gasteiger partial charge in [-0.3, -0.25) is 15.1 Å². The van der Waals surface area contributed by atoms with E-state index in [4.69, 9.17) is 13.8 Å². The lowest BCUT2D eigenvalue weighted by molar-refractivity contribution is -0.384. The molecule has 0 spiro atoms. The van der Waals surface area contributed by atoms with Crippen LogP contribution in [0.15, 0.2) is 24.3 Å². The SMILES string of the molecule is Cc1nc(C)c([P+](O)(OC(C)C)OC(C)C)c(-c2cccc([N+](=O)[O-])c2)c1C(=O)OCCN(C)C. The Hall–Kier alpha value is -2.49. The maximum absolute atomic E-state index is 13.3. The molecule has 1 heterocycles. The molecule has 0 bridgehead atoms. The molecule has 0 aliphatic heterocycles. The summed E-state index contributed by atoms with van der Waals surface area (Å²) in [7, 11) is -0.0751. The van der Waals surface area contributed by atoms with E-state index < -0.39 is 31.0 Å². The number of hydrogen-bond donors (Lipinski definition) is 1. The summed E-state index contributed by atoms with van der Waals surface area (Å²) in [5.41, 5.74) is 1.30. The molecule has 0 aliphatic rings. The van der Waals surface area contributed by atoms with Crippen molar-refractivity contribution in [1.29, 1.82) is 0 Å². The van der Waals surface area contributed by atoms with Gasteiger partial charge in [-0.1, -0.05) is 12.1 Å². The second-order valence-corrected chi connectivity index (χ2v) is 10.9. The maximum atomic E-state index is 13.3. The van der Waals surface area contributed by atoms with E-state index in [0.29, 0.717) is 23.5 Å². The highest BCUT2D eigenvalue weighted by Gasteiger charge is 2.52. The molecule has 1 aromatic carbocycles. The number of carbonyl (C=O) groups excluding carboxylic acids is 1. The summed E-state index contributed by atoms with van der Waals surface area (Å²) in [5, 5.41) is 11.7. The van der Waals surface area contributed by atoms with Gasteiger partial charge in [0.1, 0.15) is 18.8 Å². The number of rotatable bonds is 11. The van der Waals surface area contributed by atoms with Crippen molar-refractivity contribution in [2.24, 2.45) is 0 Å². The molecule has 0 atom stereocenters. The Labute approximate surface area is 207 Å². The van der Waals surface area contributed by atoms with Crippen LogP contribution >= 0.6 is 7.94 Å². The molecule has 2 aromatic rings. The Morgan fingerprint density at radius 1 is 1.14 bits per heavy atom. The van der Waals surface area contributed by atoms with Gasteiger partial charge in [0, 0.05) is 18.7 Å². The summed E-state index contributed by atoms with van der Waals surface area (Å²) in [6, 6.07) is 5.86. The number of carbonyl (C=O) groups is 1. The number of nitrogens with zero attached hydrogens (tertiary/aromatic N) is 3. The van der Waals surface area contributed by atoms with Crippen LogP contribution in [-0.4, -0.2) is 65.1 Å². The van der Waals surface area contributed by atoms with Crippen LogP contribution in [0.1, 0.15) is 49.4 Å². The standard InChI is InChI=1S/C24H35N3O7P/c1-15(2)33-35(31,34-16(3)4)23-18(6)25-17(5)21(24(28)32-13-12-26(7)8)22(23)19-10-9-11-20(14-19)27(29)30/h9-11,14-16,31H,12-13H2,1-8H3/q+1. The maximum Gasteiger partial charge on any atom is 0.449 e. The van der Waals surface area contributed by atoms with Crippen molar-refractivity contribution in [2.45, 2.75) is 53.8 Å². The second-order valence-electron chi connectivity index (χ2n) is 8.96. The topological polar surface area (TPSA) is 124 Å². The van der Waals surface area contributed by atoms with Crippen LogP contribution in [0.2, 0.25) is 0 Å². The molecule has 2 rings (SSSR count). The number of aryl methyl sites for hydroxylation is 2. The van der Waals surface area contributed by atoms with E-state index in [2.05, 4.69) is 4.98 Å². The van der Waals surface area contributed by atoms with E-state index in [-0.39, 0.29) is 28.7 Å². The van der Waals surface area contributed by atoms with Gasteiger partial charge < -0.3 is 9.64 Å². The first kappa shape index (κ1) is 28.7. The minimum Gasteiger partial charge on any atom is -0.461 e. The summed E-state index contributed by atoms with van der Waals surface area (Å²) in [4.78, 5) is 42.5. The van der Waals surface area contributed by atoms with E-state index in [0.717, 1.165) is 0 Å². The van der Waals surface area contributed by atoms with Crippen molar-refractivity contribution in [1.82, 2.24) is 9.88 Å². The molecule has 0 fully saturated rings. The largest absolute Gasteiger partial charge is 0.461 e. The lowest BCUT2D eigenvalue weighted by Crippen LogP contribution is -2.29. The van der Waals surface area contributed by atoms with Crippen LogP contribution < -0.4 is 5.30 Å².